The van der Waals surface area contributed by atoms with E-state index in [9.17, 15) is 9.18 Å². The van der Waals surface area contributed by atoms with Gasteiger partial charge in [0.1, 0.15) is 5.82 Å². The fourth-order valence-electron chi connectivity index (χ4n) is 1.93. The first-order valence-electron chi connectivity index (χ1n) is 6.23. The van der Waals surface area contributed by atoms with Crippen molar-refractivity contribution in [3.63, 3.8) is 0 Å². The van der Waals surface area contributed by atoms with Crippen molar-refractivity contribution in [2.75, 3.05) is 5.75 Å². The number of halogens is 3. The van der Waals surface area contributed by atoms with Gasteiger partial charge in [-0.3, -0.25) is 9.69 Å². The zero-order valence-electron chi connectivity index (χ0n) is 11.1. The Labute approximate surface area is 151 Å². The lowest BCUT2D eigenvalue weighted by molar-refractivity contribution is -0.124. The van der Waals surface area contributed by atoms with E-state index in [1.807, 2.05) is 17.5 Å². The molecule has 22 heavy (non-hydrogen) atoms. The van der Waals surface area contributed by atoms with Gasteiger partial charge in [-0.2, -0.15) is 0 Å². The van der Waals surface area contributed by atoms with Gasteiger partial charge in [-0.1, -0.05) is 17.8 Å². The third-order valence-corrected chi connectivity index (χ3v) is 5.97. The number of hydrogen-bond acceptors (Lipinski definition) is 4. The lowest BCUT2D eigenvalue weighted by Crippen LogP contribution is -2.28. The predicted octanol–water partition coefficient (Wildman–Crippen LogP) is 5.18. The van der Waals surface area contributed by atoms with Crippen molar-refractivity contribution in [1.29, 1.82) is 0 Å². The summed E-state index contributed by atoms with van der Waals surface area (Å²) in [5.41, 5.74) is 0.578. The Hall–Kier alpha value is -0.700. The molecule has 0 spiro atoms. The van der Waals surface area contributed by atoms with Crippen molar-refractivity contribution >= 4 is 71.7 Å². The number of amides is 1. The standard InChI is InChI=1S/C14H9Br2FN2OS2/c15-10-4-8(17)5-11(16)13(10)18-14-19(12(20)7-22-14)6-9-2-1-3-21-9/h1-5H,6-7H2. The fraction of sp³-hybridized carbons (Fsp3) is 0.143. The molecule has 0 saturated carbocycles. The second-order valence-electron chi connectivity index (χ2n) is 4.46. The number of amidine groups is 1. The van der Waals surface area contributed by atoms with Crippen LogP contribution in [0.1, 0.15) is 4.88 Å². The number of carbonyl (C=O) groups is 1. The largest absolute Gasteiger partial charge is 0.285 e. The average Bonchev–Trinajstić information content (AvgIpc) is 3.07. The van der Waals surface area contributed by atoms with Crippen molar-refractivity contribution < 1.29 is 9.18 Å². The Morgan fingerprint density at radius 3 is 2.68 bits per heavy atom. The van der Waals surface area contributed by atoms with Gasteiger partial charge in [0, 0.05) is 13.8 Å². The molecule has 1 amide bonds. The lowest BCUT2D eigenvalue weighted by atomic mass is 10.3. The first kappa shape index (κ1) is 16.2. The lowest BCUT2D eigenvalue weighted by Gasteiger charge is -2.15. The van der Waals surface area contributed by atoms with E-state index in [1.54, 1.807) is 16.2 Å². The predicted molar refractivity (Wildman–Crippen MR) is 96.2 cm³/mol. The maximum atomic E-state index is 13.3. The van der Waals surface area contributed by atoms with Gasteiger partial charge >= 0.3 is 0 Å². The van der Waals surface area contributed by atoms with Crippen LogP contribution in [0.15, 0.2) is 43.6 Å². The Kier molecular flexibility index (Phi) is 5.01. The zero-order chi connectivity index (χ0) is 15.7. The van der Waals surface area contributed by atoms with Crippen LogP contribution >= 0.6 is 55.0 Å². The van der Waals surface area contributed by atoms with Crippen molar-refractivity contribution in [2.24, 2.45) is 4.99 Å². The molecule has 1 aromatic heterocycles. The van der Waals surface area contributed by atoms with E-state index in [0.29, 0.717) is 32.1 Å². The van der Waals surface area contributed by atoms with Crippen LogP contribution in [-0.4, -0.2) is 21.7 Å². The van der Waals surface area contributed by atoms with Gasteiger partial charge < -0.3 is 0 Å². The van der Waals surface area contributed by atoms with Crippen molar-refractivity contribution in [3.8, 4) is 0 Å². The van der Waals surface area contributed by atoms with Gasteiger partial charge in [0.25, 0.3) is 0 Å². The SMILES string of the molecule is O=C1CSC(=Nc2c(Br)cc(F)cc2Br)N1Cc1cccs1. The van der Waals surface area contributed by atoms with Crippen LogP contribution < -0.4 is 0 Å². The molecule has 2 aromatic rings. The Morgan fingerprint density at radius 1 is 1.32 bits per heavy atom. The average molecular weight is 464 g/mol. The molecule has 1 fully saturated rings. The molecule has 0 N–H and O–H groups in total. The van der Waals surface area contributed by atoms with E-state index in [1.165, 1.54) is 23.9 Å². The van der Waals surface area contributed by atoms with Gasteiger partial charge in [-0.25, -0.2) is 9.38 Å². The summed E-state index contributed by atoms with van der Waals surface area (Å²) < 4.78 is 14.4. The quantitative estimate of drug-likeness (QED) is 0.628. The summed E-state index contributed by atoms with van der Waals surface area (Å²) in [6.45, 7) is 0.513. The van der Waals surface area contributed by atoms with Gasteiger partial charge in [0.2, 0.25) is 5.91 Å². The fourth-order valence-corrected chi connectivity index (χ4v) is 4.82. The van der Waals surface area contributed by atoms with Crippen LogP contribution in [0.4, 0.5) is 10.1 Å². The summed E-state index contributed by atoms with van der Waals surface area (Å²) >= 11 is 9.62. The topological polar surface area (TPSA) is 32.7 Å². The maximum Gasteiger partial charge on any atom is 0.239 e. The van der Waals surface area contributed by atoms with Gasteiger partial charge in [0.05, 0.1) is 18.0 Å². The normalized spacial score (nSPS) is 16.8. The first-order chi connectivity index (χ1) is 10.5. The molecule has 3 rings (SSSR count). The summed E-state index contributed by atoms with van der Waals surface area (Å²) in [6, 6.07) is 6.66. The number of rotatable bonds is 3. The molecule has 8 heteroatoms. The molecule has 0 atom stereocenters. The summed E-state index contributed by atoms with van der Waals surface area (Å²) in [5, 5.41) is 2.61. The Bertz CT molecular complexity index is 726. The molecular weight excluding hydrogens is 455 g/mol. The molecular formula is C14H9Br2FN2OS2. The second-order valence-corrected chi connectivity index (χ2v) is 8.14. The molecule has 3 nitrogen and oxygen atoms in total. The minimum absolute atomic E-state index is 0.0338. The van der Waals surface area contributed by atoms with Gasteiger partial charge in [-0.05, 0) is 55.4 Å². The number of thiophene rings is 1. The minimum atomic E-state index is -0.353. The number of carbonyl (C=O) groups excluding carboxylic acids is 1. The van der Waals surface area contributed by atoms with Gasteiger partial charge in [-0.15, -0.1) is 11.3 Å². The van der Waals surface area contributed by atoms with Crippen molar-refractivity contribution in [1.82, 2.24) is 4.90 Å². The first-order valence-corrected chi connectivity index (χ1v) is 9.68. The molecule has 1 aliphatic heterocycles. The molecule has 2 heterocycles. The second kappa shape index (κ2) is 6.82. The number of thioether (sulfide) groups is 1. The highest BCUT2D eigenvalue weighted by Crippen LogP contribution is 2.37. The van der Waals surface area contributed by atoms with Gasteiger partial charge in [0.15, 0.2) is 5.17 Å². The van der Waals surface area contributed by atoms with Crippen molar-refractivity contribution in [3.05, 3.63) is 49.3 Å². The number of benzene rings is 1. The molecule has 0 radical (unpaired) electrons. The van der Waals surface area contributed by atoms with Crippen LogP contribution in [0.3, 0.4) is 0 Å². The van der Waals surface area contributed by atoms with E-state index in [2.05, 4.69) is 36.9 Å². The van der Waals surface area contributed by atoms with Crippen LogP contribution in [-0.2, 0) is 11.3 Å². The summed E-state index contributed by atoms with van der Waals surface area (Å²) in [5.74, 6) is 0.0560. The Morgan fingerprint density at radius 2 is 2.05 bits per heavy atom. The number of aliphatic imine (C=N–C) groups is 1. The molecule has 1 aliphatic rings. The molecule has 114 valence electrons. The molecule has 0 unspecified atom stereocenters. The van der Waals surface area contributed by atoms with E-state index in [0.717, 1.165) is 4.88 Å². The van der Waals surface area contributed by atoms with Crippen LogP contribution in [0, 0.1) is 5.82 Å². The van der Waals surface area contributed by atoms with Crippen molar-refractivity contribution in [2.45, 2.75) is 6.54 Å². The highest BCUT2D eigenvalue weighted by Gasteiger charge is 2.29. The zero-order valence-corrected chi connectivity index (χ0v) is 15.9. The highest BCUT2D eigenvalue weighted by molar-refractivity contribution is 9.11. The molecule has 1 aromatic carbocycles. The minimum Gasteiger partial charge on any atom is -0.285 e. The van der Waals surface area contributed by atoms with E-state index in [-0.39, 0.29) is 11.7 Å². The summed E-state index contributed by atoms with van der Waals surface area (Å²) in [4.78, 5) is 19.4. The molecule has 0 bridgehead atoms. The number of hydrogen-bond donors (Lipinski definition) is 0. The number of nitrogens with zero attached hydrogens (tertiary/aromatic N) is 2. The monoisotopic (exact) mass is 462 g/mol. The highest BCUT2D eigenvalue weighted by atomic mass is 79.9. The van der Waals surface area contributed by atoms with Crippen LogP contribution in [0.2, 0.25) is 0 Å². The van der Waals surface area contributed by atoms with Crippen LogP contribution in [0.5, 0.6) is 0 Å². The van der Waals surface area contributed by atoms with E-state index in [4.69, 9.17) is 0 Å². The summed E-state index contributed by atoms with van der Waals surface area (Å²) in [6.07, 6.45) is 0. The Balaban J connectivity index is 1.94. The third kappa shape index (κ3) is 3.45. The molecule has 0 aliphatic carbocycles. The van der Waals surface area contributed by atoms with E-state index >= 15 is 0 Å². The maximum absolute atomic E-state index is 13.3. The molecule has 1 saturated heterocycles. The summed E-state index contributed by atoms with van der Waals surface area (Å²) in [7, 11) is 0. The smallest absolute Gasteiger partial charge is 0.239 e. The van der Waals surface area contributed by atoms with E-state index < -0.39 is 0 Å². The third-order valence-electron chi connectivity index (χ3n) is 2.94. The van der Waals surface area contributed by atoms with Crippen LogP contribution in [0.25, 0.3) is 0 Å².